The van der Waals surface area contributed by atoms with E-state index in [0.29, 0.717) is 33.5 Å². The number of hydrogen-bond acceptors (Lipinski definition) is 8. The van der Waals surface area contributed by atoms with Gasteiger partial charge in [-0.1, -0.05) is 29.0 Å². The average Bonchev–Trinajstić information content (AvgIpc) is 3.80. The smallest absolute Gasteiger partial charge is 0.416 e. The lowest BCUT2D eigenvalue weighted by Gasteiger charge is -2.43. The Morgan fingerprint density at radius 2 is 1.76 bits per heavy atom. The van der Waals surface area contributed by atoms with Crippen molar-refractivity contribution in [3.63, 3.8) is 0 Å². The summed E-state index contributed by atoms with van der Waals surface area (Å²) in [5.41, 5.74) is 0.0225. The second-order valence-electron chi connectivity index (χ2n) is 12.6. The number of thioether (sulfide) groups is 1. The van der Waals surface area contributed by atoms with Crippen LogP contribution in [0.1, 0.15) is 28.3 Å². The lowest BCUT2D eigenvalue weighted by Crippen LogP contribution is -2.42. The third kappa shape index (κ3) is 5.31. The van der Waals surface area contributed by atoms with Crippen LogP contribution in [0.2, 0.25) is 5.02 Å². The van der Waals surface area contributed by atoms with Crippen molar-refractivity contribution in [3.05, 3.63) is 97.4 Å². The molecule has 2 aliphatic carbocycles. The number of carbonyl (C=O) groups excluding carboxylic acids is 3. The molecule has 2 aliphatic heterocycles. The molecule has 1 aromatic heterocycles. The SMILES string of the molecule is O=C(COc1ccc(Cl)cc1[C@H]1c2sc(=O)[nH]c2SC2C1[C@H]1C[C@@H]2C2C(=O)N(c3cccc(C(F)(F)F)c3)C(=O)C21)Nc1ccc(O)cc1. The van der Waals surface area contributed by atoms with Gasteiger partial charge in [0.15, 0.2) is 6.61 Å². The minimum Gasteiger partial charge on any atom is -0.508 e. The maximum absolute atomic E-state index is 14.0. The molecule has 15 heteroatoms. The molecular weight excluding hydrogens is 703 g/mol. The van der Waals surface area contributed by atoms with Gasteiger partial charge in [-0.3, -0.25) is 24.1 Å². The van der Waals surface area contributed by atoms with E-state index in [1.165, 1.54) is 36.0 Å². The van der Waals surface area contributed by atoms with Crippen molar-refractivity contribution >= 4 is 63.8 Å². The number of hydrogen-bond donors (Lipinski definition) is 3. The molecule has 3 aromatic carbocycles. The summed E-state index contributed by atoms with van der Waals surface area (Å²) in [6.07, 6.45) is -4.08. The third-order valence-corrected chi connectivity index (χ3v) is 12.8. The summed E-state index contributed by atoms with van der Waals surface area (Å²) in [6.45, 7) is -0.364. The lowest BCUT2D eigenvalue weighted by molar-refractivity contribution is -0.137. The molecule has 4 unspecified atom stereocenters. The van der Waals surface area contributed by atoms with Crippen molar-refractivity contribution in [1.82, 2.24) is 4.98 Å². The molecule has 4 aliphatic rings. The first-order valence-electron chi connectivity index (χ1n) is 15.3. The predicted octanol–water partition coefficient (Wildman–Crippen LogP) is 6.51. The minimum atomic E-state index is -4.65. The number of H-pyrrole nitrogens is 1. The second kappa shape index (κ2) is 11.7. The number of halogens is 4. The summed E-state index contributed by atoms with van der Waals surface area (Å²) in [5, 5.41) is 13.1. The predicted molar refractivity (Wildman–Crippen MR) is 176 cm³/mol. The van der Waals surface area contributed by atoms with Crippen LogP contribution in [0.5, 0.6) is 11.5 Å². The van der Waals surface area contributed by atoms with Gasteiger partial charge in [0.2, 0.25) is 11.8 Å². The highest BCUT2D eigenvalue weighted by molar-refractivity contribution is 8.00. The summed E-state index contributed by atoms with van der Waals surface area (Å²) in [6, 6.07) is 15.2. The number of aromatic hydroxyl groups is 1. The zero-order valence-electron chi connectivity index (χ0n) is 25.1. The highest BCUT2D eigenvalue weighted by Gasteiger charge is 2.70. The van der Waals surface area contributed by atoms with Crippen LogP contribution in [0.15, 0.2) is 76.6 Å². The number of anilines is 2. The molecule has 49 heavy (non-hydrogen) atoms. The van der Waals surface area contributed by atoms with Crippen molar-refractivity contribution in [2.24, 2.45) is 29.6 Å². The van der Waals surface area contributed by atoms with Gasteiger partial charge in [-0.15, -0.1) is 11.8 Å². The number of carbonyl (C=O) groups is 3. The van der Waals surface area contributed by atoms with Crippen molar-refractivity contribution in [1.29, 1.82) is 0 Å². The number of fused-ring (bicyclic) bond motifs is 9. The lowest BCUT2D eigenvalue weighted by atomic mass is 9.68. The maximum Gasteiger partial charge on any atom is 0.416 e. The Kier molecular flexibility index (Phi) is 7.61. The molecule has 2 bridgehead atoms. The molecular formula is C34H25ClF3N3O6S2. The number of imide groups is 1. The third-order valence-electron chi connectivity index (χ3n) is 9.97. The highest BCUT2D eigenvalue weighted by Crippen LogP contribution is 2.69. The van der Waals surface area contributed by atoms with E-state index in [4.69, 9.17) is 16.3 Å². The van der Waals surface area contributed by atoms with Crippen LogP contribution in [0, 0.1) is 29.6 Å². The van der Waals surface area contributed by atoms with Gasteiger partial charge >= 0.3 is 11.0 Å². The topological polar surface area (TPSA) is 129 Å². The number of phenolic OH excluding ortho intramolecular Hbond substituents is 1. The van der Waals surface area contributed by atoms with E-state index in [2.05, 4.69) is 10.3 Å². The zero-order valence-corrected chi connectivity index (χ0v) is 27.5. The first kappa shape index (κ1) is 32.0. The summed E-state index contributed by atoms with van der Waals surface area (Å²) >= 11 is 9.03. The van der Waals surface area contributed by atoms with Crippen LogP contribution in [-0.2, 0) is 20.6 Å². The number of thiazole rings is 1. The fourth-order valence-electron chi connectivity index (χ4n) is 8.22. The number of aromatic nitrogens is 1. The molecule has 3 amide bonds. The number of alkyl halides is 3. The van der Waals surface area contributed by atoms with Gasteiger partial charge < -0.3 is 20.1 Å². The number of aromatic amines is 1. The molecule has 0 spiro atoms. The van der Waals surface area contributed by atoms with Gasteiger partial charge in [-0.2, -0.15) is 13.2 Å². The number of amides is 3. The number of rotatable bonds is 6. The van der Waals surface area contributed by atoms with Crippen molar-refractivity contribution in [2.75, 3.05) is 16.8 Å². The molecule has 4 aromatic rings. The molecule has 3 fully saturated rings. The first-order chi connectivity index (χ1) is 23.4. The Hall–Kier alpha value is -4.27. The second-order valence-corrected chi connectivity index (χ2v) is 15.2. The fourth-order valence-corrected chi connectivity index (χ4v) is 11.3. The van der Waals surface area contributed by atoms with Crippen LogP contribution >= 0.6 is 34.7 Å². The van der Waals surface area contributed by atoms with Gasteiger partial charge in [0.1, 0.15) is 11.5 Å². The molecule has 8 rings (SSSR count). The van der Waals surface area contributed by atoms with E-state index in [1.807, 2.05) is 0 Å². The number of ether oxygens (including phenoxy) is 1. The summed E-state index contributed by atoms with van der Waals surface area (Å²) in [5.74, 6) is -3.85. The van der Waals surface area contributed by atoms with Gasteiger partial charge in [0.25, 0.3) is 5.91 Å². The van der Waals surface area contributed by atoms with E-state index in [9.17, 15) is 37.5 Å². The number of phenols is 1. The van der Waals surface area contributed by atoms with E-state index < -0.39 is 47.2 Å². The Bertz CT molecular complexity index is 2090. The quantitative estimate of drug-likeness (QED) is 0.153. The molecule has 3 N–H and O–H groups in total. The van der Waals surface area contributed by atoms with Gasteiger partial charge in [-0.05, 0) is 84.8 Å². The largest absolute Gasteiger partial charge is 0.508 e. The van der Waals surface area contributed by atoms with Gasteiger partial charge in [0.05, 0.1) is 28.1 Å². The standard InChI is InChI=1S/C34H25ClF3N3O6S2/c35-15-4-9-22(47-13-23(43)39-16-5-7-18(42)8-6-16)19(11-15)24-25-20-12-21(28(25)48-30-29(24)49-33(46)40-30)27-26(20)31(44)41(32(27)45)17-3-1-2-14(10-17)34(36,37)38/h1-11,20-21,24-28,42H,12-13H2,(H,39,43)(H,40,46)/t20-,21-,24-,25?,26?,27?,28?/m1/s1. The zero-order chi connectivity index (χ0) is 34.4. The van der Waals surface area contributed by atoms with E-state index in [0.717, 1.165) is 33.2 Å². The molecule has 1 saturated heterocycles. The van der Waals surface area contributed by atoms with Crippen LogP contribution in [0.25, 0.3) is 0 Å². The maximum atomic E-state index is 14.0. The van der Waals surface area contributed by atoms with Crippen LogP contribution in [0.4, 0.5) is 24.5 Å². The van der Waals surface area contributed by atoms with Crippen LogP contribution in [0.3, 0.4) is 0 Å². The monoisotopic (exact) mass is 727 g/mol. The Morgan fingerprint density at radius 3 is 2.49 bits per heavy atom. The molecule has 7 atom stereocenters. The van der Waals surface area contributed by atoms with Crippen LogP contribution < -0.4 is 19.8 Å². The Morgan fingerprint density at radius 1 is 1.02 bits per heavy atom. The van der Waals surface area contributed by atoms with E-state index >= 15 is 0 Å². The summed E-state index contributed by atoms with van der Waals surface area (Å²) in [4.78, 5) is 57.8. The van der Waals surface area contributed by atoms with Crippen molar-refractivity contribution in [3.8, 4) is 11.5 Å². The molecule has 252 valence electrons. The summed E-state index contributed by atoms with van der Waals surface area (Å²) < 4.78 is 46.7. The minimum absolute atomic E-state index is 0.0504. The Labute approximate surface area is 289 Å². The number of nitrogens with one attached hydrogen (secondary N) is 2. The number of benzene rings is 3. The molecule has 0 radical (unpaired) electrons. The van der Waals surface area contributed by atoms with Crippen LogP contribution in [-0.4, -0.2) is 39.7 Å². The number of nitrogens with zero attached hydrogens (tertiary/aromatic N) is 1. The average molecular weight is 728 g/mol. The molecule has 3 heterocycles. The van der Waals surface area contributed by atoms with E-state index in [1.54, 1.807) is 30.3 Å². The highest BCUT2D eigenvalue weighted by atomic mass is 35.5. The molecule has 2 saturated carbocycles. The van der Waals surface area contributed by atoms with Crippen molar-refractivity contribution in [2.45, 2.75) is 28.8 Å². The fraction of sp³-hybridized carbons (Fsp3) is 0.294. The van der Waals surface area contributed by atoms with Gasteiger partial charge in [0, 0.05) is 32.3 Å². The summed E-state index contributed by atoms with van der Waals surface area (Å²) in [7, 11) is 0. The molecule has 9 nitrogen and oxygen atoms in total. The van der Waals surface area contributed by atoms with Gasteiger partial charge in [-0.25, -0.2) is 0 Å². The van der Waals surface area contributed by atoms with Crippen molar-refractivity contribution < 1.29 is 37.4 Å². The van der Waals surface area contributed by atoms with E-state index in [-0.39, 0.29) is 45.9 Å². The normalized spacial score (nSPS) is 26.8. The Balaban J connectivity index is 1.13. The first-order valence-corrected chi connectivity index (χ1v) is 17.4.